The molecule has 10 heteroatoms. The van der Waals surface area contributed by atoms with E-state index in [9.17, 15) is 10.1 Å². The Bertz CT molecular complexity index is 1600. The van der Waals surface area contributed by atoms with Crippen LogP contribution < -0.4 is 4.90 Å². The number of nitrogens with zero attached hydrogens (tertiary/aromatic N) is 7. The van der Waals surface area contributed by atoms with Crippen LogP contribution in [0.25, 0.3) is 28.0 Å². The second-order valence-electron chi connectivity index (χ2n) is 11.2. The van der Waals surface area contributed by atoms with Crippen LogP contribution in [0.3, 0.4) is 0 Å². The van der Waals surface area contributed by atoms with Crippen LogP contribution in [0.15, 0.2) is 55.1 Å². The molecule has 0 radical (unpaired) electrons. The Morgan fingerprint density at radius 1 is 1.10 bits per heavy atom. The van der Waals surface area contributed by atoms with Crippen LogP contribution in [0.4, 0.5) is 15.0 Å². The summed E-state index contributed by atoms with van der Waals surface area (Å²) < 4.78 is 22.5. The van der Waals surface area contributed by atoms with E-state index in [4.69, 9.17) is 4.74 Å². The summed E-state index contributed by atoms with van der Waals surface area (Å²) in [4.78, 5) is 30.4. The maximum absolute atomic E-state index is 15.2. The van der Waals surface area contributed by atoms with Crippen molar-refractivity contribution in [3.05, 3.63) is 66.5 Å². The molecule has 3 aromatic heterocycles. The van der Waals surface area contributed by atoms with E-state index in [1.807, 2.05) is 34.6 Å². The SMILES string of the molecule is CC(C)(C)OC(=O)N1CCN(c2ncnc3c2c(-c2ccccc2F)cn3-c2cc(C#N)ccn2)C(C)(C)C1. The smallest absolute Gasteiger partial charge is 0.410 e. The molecule has 0 atom stereocenters. The number of benzene rings is 1. The van der Waals surface area contributed by atoms with Gasteiger partial charge in [-0.05, 0) is 52.8 Å². The number of carbonyl (C=O) groups excluding carboxylic acids is 1. The zero-order valence-corrected chi connectivity index (χ0v) is 22.6. The molecule has 1 amide bonds. The second kappa shape index (κ2) is 9.66. The van der Waals surface area contributed by atoms with E-state index in [1.54, 1.807) is 52.2 Å². The minimum Gasteiger partial charge on any atom is -0.444 e. The lowest BCUT2D eigenvalue weighted by Gasteiger charge is -2.47. The van der Waals surface area contributed by atoms with Gasteiger partial charge in [-0.3, -0.25) is 4.57 Å². The first-order valence-corrected chi connectivity index (χ1v) is 12.7. The number of aromatic nitrogens is 4. The second-order valence-corrected chi connectivity index (χ2v) is 11.2. The molecule has 1 fully saturated rings. The largest absolute Gasteiger partial charge is 0.444 e. The summed E-state index contributed by atoms with van der Waals surface area (Å²) in [7, 11) is 0. The molecule has 0 aliphatic carbocycles. The van der Waals surface area contributed by atoms with Crippen LogP contribution in [0.2, 0.25) is 0 Å². The molecule has 5 rings (SSSR count). The average Bonchev–Trinajstić information content (AvgIpc) is 3.27. The van der Waals surface area contributed by atoms with Gasteiger partial charge in [0.2, 0.25) is 0 Å². The van der Waals surface area contributed by atoms with Gasteiger partial charge in [-0.25, -0.2) is 24.1 Å². The first kappa shape index (κ1) is 26.1. The Labute approximate surface area is 226 Å². The van der Waals surface area contributed by atoms with Crippen molar-refractivity contribution >= 4 is 22.9 Å². The quantitative estimate of drug-likeness (QED) is 0.355. The highest BCUT2D eigenvalue weighted by molar-refractivity contribution is 6.02. The summed E-state index contributed by atoms with van der Waals surface area (Å²) in [5.74, 6) is 0.738. The van der Waals surface area contributed by atoms with E-state index < -0.39 is 11.1 Å². The van der Waals surface area contributed by atoms with Gasteiger partial charge in [-0.2, -0.15) is 5.26 Å². The first-order chi connectivity index (χ1) is 18.5. The highest BCUT2D eigenvalue weighted by Crippen LogP contribution is 2.40. The molecule has 0 N–H and O–H groups in total. The van der Waals surface area contributed by atoms with E-state index in [-0.39, 0.29) is 11.9 Å². The van der Waals surface area contributed by atoms with Crippen molar-refractivity contribution in [2.75, 3.05) is 24.5 Å². The molecule has 0 spiro atoms. The molecule has 1 saturated heterocycles. The minimum absolute atomic E-state index is 0.357. The molecule has 1 aromatic carbocycles. The fourth-order valence-electron chi connectivity index (χ4n) is 4.96. The van der Waals surface area contributed by atoms with Gasteiger partial charge in [0.05, 0.1) is 22.6 Å². The third-order valence-electron chi connectivity index (χ3n) is 6.66. The van der Waals surface area contributed by atoms with Crippen molar-refractivity contribution in [3.63, 3.8) is 0 Å². The van der Waals surface area contributed by atoms with Gasteiger partial charge >= 0.3 is 6.09 Å². The van der Waals surface area contributed by atoms with Crippen LogP contribution in [-0.4, -0.2) is 61.3 Å². The van der Waals surface area contributed by atoms with Crippen molar-refractivity contribution in [3.8, 4) is 23.0 Å². The Hall–Kier alpha value is -4.52. The summed E-state index contributed by atoms with van der Waals surface area (Å²) in [5.41, 5.74) is 0.872. The van der Waals surface area contributed by atoms with Gasteiger partial charge in [0, 0.05) is 43.2 Å². The average molecular weight is 528 g/mol. The Kier molecular flexibility index (Phi) is 6.46. The minimum atomic E-state index is -0.592. The number of piperazine rings is 1. The predicted octanol–water partition coefficient (Wildman–Crippen LogP) is 5.33. The highest BCUT2D eigenvalue weighted by Gasteiger charge is 2.39. The number of anilines is 1. The van der Waals surface area contributed by atoms with Gasteiger partial charge in [-0.1, -0.05) is 18.2 Å². The molecule has 1 aliphatic rings. The number of carbonyl (C=O) groups is 1. The molecule has 200 valence electrons. The molecule has 4 heterocycles. The fourth-order valence-corrected chi connectivity index (χ4v) is 4.96. The first-order valence-electron chi connectivity index (χ1n) is 12.7. The maximum Gasteiger partial charge on any atom is 0.410 e. The molecule has 4 aromatic rings. The standard InChI is InChI=1S/C29H30FN7O2/c1-28(2,3)39-27(38)35-12-13-37(29(4,5)17-35)26-24-21(20-8-6-7-9-22(20)30)16-36(25(24)33-18-34-26)23-14-19(15-31)10-11-32-23/h6-11,14,16,18H,12-13,17H2,1-5H3. The Balaban J connectivity index is 1.65. The third kappa shape index (κ3) is 5.00. The lowest BCUT2D eigenvalue weighted by Crippen LogP contribution is -2.61. The molecule has 0 unspecified atom stereocenters. The van der Waals surface area contributed by atoms with Crippen molar-refractivity contribution in [1.82, 2.24) is 24.4 Å². The molecular weight excluding hydrogens is 497 g/mol. The lowest BCUT2D eigenvalue weighted by atomic mass is 9.97. The number of ether oxygens (including phenoxy) is 1. The maximum atomic E-state index is 15.2. The van der Waals surface area contributed by atoms with E-state index in [1.165, 1.54) is 12.4 Å². The van der Waals surface area contributed by atoms with Crippen molar-refractivity contribution in [2.24, 2.45) is 0 Å². The lowest BCUT2D eigenvalue weighted by molar-refractivity contribution is 0.0179. The Morgan fingerprint density at radius 2 is 1.87 bits per heavy atom. The van der Waals surface area contributed by atoms with Gasteiger partial charge in [0.15, 0.2) is 5.65 Å². The Morgan fingerprint density at radius 3 is 2.56 bits per heavy atom. The van der Waals surface area contributed by atoms with Crippen LogP contribution >= 0.6 is 0 Å². The summed E-state index contributed by atoms with van der Waals surface area (Å²) >= 11 is 0. The van der Waals surface area contributed by atoms with E-state index in [2.05, 4.69) is 25.9 Å². The number of rotatable bonds is 3. The summed E-state index contributed by atoms with van der Waals surface area (Å²) in [5, 5.41) is 10.1. The number of fused-ring (bicyclic) bond motifs is 1. The summed E-state index contributed by atoms with van der Waals surface area (Å²) in [6.07, 6.45) is 4.46. The fraction of sp³-hybridized carbons (Fsp3) is 0.345. The van der Waals surface area contributed by atoms with Crippen LogP contribution in [0.5, 0.6) is 0 Å². The molecule has 0 bridgehead atoms. The summed E-state index contributed by atoms with van der Waals surface area (Å²) in [6.45, 7) is 11.0. The zero-order chi connectivity index (χ0) is 27.9. The topological polar surface area (TPSA) is 100 Å². The van der Waals surface area contributed by atoms with Crippen molar-refractivity contribution in [1.29, 1.82) is 5.26 Å². The zero-order valence-electron chi connectivity index (χ0n) is 22.6. The third-order valence-corrected chi connectivity index (χ3v) is 6.66. The normalized spacial score (nSPS) is 15.3. The van der Waals surface area contributed by atoms with Crippen molar-refractivity contribution < 1.29 is 13.9 Å². The molecule has 0 saturated carbocycles. The number of amides is 1. The number of halogens is 1. The van der Waals surface area contributed by atoms with Gasteiger partial charge < -0.3 is 14.5 Å². The van der Waals surface area contributed by atoms with Crippen LogP contribution in [-0.2, 0) is 4.74 Å². The predicted molar refractivity (Wildman–Crippen MR) is 146 cm³/mol. The number of hydrogen-bond acceptors (Lipinski definition) is 7. The van der Waals surface area contributed by atoms with Gasteiger partial charge in [0.1, 0.15) is 29.4 Å². The van der Waals surface area contributed by atoms with E-state index >= 15 is 4.39 Å². The number of nitriles is 1. The van der Waals surface area contributed by atoms with E-state index in [0.29, 0.717) is 59.0 Å². The van der Waals surface area contributed by atoms with Gasteiger partial charge in [-0.15, -0.1) is 0 Å². The molecule has 39 heavy (non-hydrogen) atoms. The number of hydrogen-bond donors (Lipinski definition) is 0. The highest BCUT2D eigenvalue weighted by atomic mass is 19.1. The van der Waals surface area contributed by atoms with Crippen LogP contribution in [0, 0.1) is 17.1 Å². The van der Waals surface area contributed by atoms with Gasteiger partial charge in [0.25, 0.3) is 0 Å². The molecule has 1 aliphatic heterocycles. The summed E-state index contributed by atoms with van der Waals surface area (Å²) in [6, 6.07) is 12.0. The van der Waals surface area contributed by atoms with E-state index in [0.717, 1.165) is 0 Å². The molecule has 9 nitrogen and oxygen atoms in total. The monoisotopic (exact) mass is 527 g/mol. The van der Waals surface area contributed by atoms with Crippen LogP contribution in [0.1, 0.15) is 40.2 Å². The number of pyridine rings is 1. The molecular formula is C29H30FN7O2. The van der Waals surface area contributed by atoms with Crippen molar-refractivity contribution in [2.45, 2.75) is 45.8 Å².